The number of hydroxylamine groups is 2. The third-order valence-electron chi connectivity index (χ3n) is 2.38. The van der Waals surface area contributed by atoms with Crippen molar-refractivity contribution in [1.82, 2.24) is 10.4 Å². The molecule has 17 heavy (non-hydrogen) atoms. The van der Waals surface area contributed by atoms with Gasteiger partial charge >= 0.3 is 0 Å². The number of aliphatic hydroxyl groups is 1. The Labute approximate surface area is 101 Å². The van der Waals surface area contributed by atoms with Crippen LogP contribution in [0.1, 0.15) is 27.2 Å². The summed E-state index contributed by atoms with van der Waals surface area (Å²) in [6.07, 6.45) is -0.433. The maximum absolute atomic E-state index is 11.6. The van der Waals surface area contributed by atoms with Gasteiger partial charge in [0.15, 0.2) is 0 Å². The van der Waals surface area contributed by atoms with Crippen molar-refractivity contribution < 1.29 is 19.5 Å². The van der Waals surface area contributed by atoms with Crippen molar-refractivity contribution in [2.24, 2.45) is 5.41 Å². The molecule has 1 heterocycles. The molecule has 1 atom stereocenters. The normalized spacial score (nSPS) is 20.5. The molecule has 0 aromatic carbocycles. The van der Waals surface area contributed by atoms with Crippen molar-refractivity contribution in [3.63, 3.8) is 0 Å². The minimum absolute atomic E-state index is 0.0901. The first-order valence-corrected chi connectivity index (χ1v) is 5.70. The van der Waals surface area contributed by atoms with Gasteiger partial charge in [-0.1, -0.05) is 20.8 Å². The highest BCUT2D eigenvalue weighted by Gasteiger charge is 2.26. The van der Waals surface area contributed by atoms with Gasteiger partial charge in [0.1, 0.15) is 6.61 Å². The Kier molecular flexibility index (Phi) is 4.47. The van der Waals surface area contributed by atoms with E-state index in [-0.39, 0.29) is 37.9 Å². The van der Waals surface area contributed by atoms with Gasteiger partial charge in [-0.05, 0) is 0 Å². The van der Waals surface area contributed by atoms with Crippen molar-refractivity contribution >= 4 is 11.8 Å². The molecule has 1 saturated heterocycles. The van der Waals surface area contributed by atoms with Crippen LogP contribution in [-0.4, -0.2) is 47.8 Å². The second-order valence-corrected chi connectivity index (χ2v) is 5.16. The molecular weight excluding hydrogens is 224 g/mol. The summed E-state index contributed by atoms with van der Waals surface area (Å²) >= 11 is 0. The third kappa shape index (κ3) is 4.32. The standard InChI is InChI=1S/C11H20N2O4/c1-11(2,3)10(16)12-5-4-9(15)13-6-8(14)7-17-13/h8,14H,4-7H2,1-3H3,(H,12,16)/t8-/m0/s1. The molecule has 0 aromatic rings. The van der Waals surface area contributed by atoms with Crippen molar-refractivity contribution in [2.75, 3.05) is 19.7 Å². The fourth-order valence-electron chi connectivity index (χ4n) is 1.32. The highest BCUT2D eigenvalue weighted by molar-refractivity contribution is 5.82. The van der Waals surface area contributed by atoms with Gasteiger partial charge in [0.05, 0.1) is 12.6 Å². The van der Waals surface area contributed by atoms with Gasteiger partial charge in [-0.15, -0.1) is 0 Å². The Morgan fingerprint density at radius 1 is 1.47 bits per heavy atom. The molecule has 1 fully saturated rings. The molecule has 0 spiro atoms. The van der Waals surface area contributed by atoms with Crippen LogP contribution in [-0.2, 0) is 14.4 Å². The maximum Gasteiger partial charge on any atom is 0.247 e. The van der Waals surface area contributed by atoms with Crippen molar-refractivity contribution in [3.05, 3.63) is 0 Å². The number of nitrogens with one attached hydrogen (secondary N) is 1. The smallest absolute Gasteiger partial charge is 0.247 e. The highest BCUT2D eigenvalue weighted by Crippen LogP contribution is 2.12. The molecule has 98 valence electrons. The predicted molar refractivity (Wildman–Crippen MR) is 60.8 cm³/mol. The lowest BCUT2D eigenvalue weighted by Crippen LogP contribution is -2.38. The summed E-state index contributed by atoms with van der Waals surface area (Å²) in [5.74, 6) is -0.316. The van der Waals surface area contributed by atoms with E-state index in [2.05, 4.69) is 5.32 Å². The second kappa shape index (κ2) is 5.46. The summed E-state index contributed by atoms with van der Waals surface area (Å²) in [6, 6.07) is 0. The minimum Gasteiger partial charge on any atom is -0.389 e. The SMILES string of the molecule is CC(C)(C)C(=O)NCCC(=O)N1C[C@H](O)CO1. The monoisotopic (exact) mass is 244 g/mol. The topological polar surface area (TPSA) is 78.9 Å². The molecule has 0 bridgehead atoms. The van der Waals surface area contributed by atoms with E-state index >= 15 is 0 Å². The van der Waals surface area contributed by atoms with Crippen LogP contribution in [0.4, 0.5) is 0 Å². The van der Waals surface area contributed by atoms with Crippen LogP contribution in [0.25, 0.3) is 0 Å². The minimum atomic E-state index is -0.608. The van der Waals surface area contributed by atoms with Gasteiger partial charge in [-0.25, -0.2) is 5.06 Å². The predicted octanol–water partition coefficient (Wildman–Crippen LogP) is -0.326. The summed E-state index contributed by atoms with van der Waals surface area (Å²) in [5.41, 5.74) is -0.455. The molecule has 1 aliphatic heterocycles. The Bertz CT molecular complexity index is 298. The van der Waals surface area contributed by atoms with Gasteiger partial charge in [0.2, 0.25) is 11.8 Å². The number of carbonyl (C=O) groups excluding carboxylic acids is 2. The number of hydrogen-bond acceptors (Lipinski definition) is 4. The average molecular weight is 244 g/mol. The number of rotatable bonds is 3. The number of amides is 2. The molecule has 6 heteroatoms. The van der Waals surface area contributed by atoms with E-state index in [0.29, 0.717) is 0 Å². The zero-order valence-corrected chi connectivity index (χ0v) is 10.5. The summed E-state index contributed by atoms with van der Waals surface area (Å²) in [4.78, 5) is 28.0. The first kappa shape index (κ1) is 13.9. The van der Waals surface area contributed by atoms with Crippen molar-refractivity contribution in [2.45, 2.75) is 33.3 Å². The quantitative estimate of drug-likeness (QED) is 0.712. The third-order valence-corrected chi connectivity index (χ3v) is 2.38. The summed E-state index contributed by atoms with van der Waals surface area (Å²) < 4.78 is 0. The van der Waals surface area contributed by atoms with Crippen LogP contribution < -0.4 is 5.32 Å². The van der Waals surface area contributed by atoms with Crippen LogP contribution in [0.2, 0.25) is 0 Å². The number of β-amino-alcohol motifs (C(OH)–C–C–N with tert-alkyl or cyclic N) is 1. The second-order valence-electron chi connectivity index (χ2n) is 5.16. The van der Waals surface area contributed by atoms with Crippen LogP contribution in [0.15, 0.2) is 0 Å². The largest absolute Gasteiger partial charge is 0.389 e. The Hall–Kier alpha value is -1.14. The molecule has 0 aliphatic carbocycles. The van der Waals surface area contributed by atoms with E-state index in [1.54, 1.807) is 0 Å². The molecule has 2 amide bonds. The number of aliphatic hydroxyl groups excluding tert-OH is 1. The Morgan fingerprint density at radius 2 is 2.12 bits per heavy atom. The van der Waals surface area contributed by atoms with E-state index < -0.39 is 11.5 Å². The van der Waals surface area contributed by atoms with E-state index in [4.69, 9.17) is 4.84 Å². The molecule has 6 nitrogen and oxygen atoms in total. The molecular formula is C11H20N2O4. The van der Waals surface area contributed by atoms with Gasteiger partial charge in [0.25, 0.3) is 0 Å². The fourth-order valence-corrected chi connectivity index (χ4v) is 1.32. The van der Waals surface area contributed by atoms with Crippen LogP contribution >= 0.6 is 0 Å². The molecule has 0 unspecified atom stereocenters. The fraction of sp³-hybridized carbons (Fsp3) is 0.818. The summed E-state index contributed by atoms with van der Waals surface area (Å²) in [5, 5.41) is 13.0. The summed E-state index contributed by atoms with van der Waals surface area (Å²) in [7, 11) is 0. The first-order valence-electron chi connectivity index (χ1n) is 5.70. The maximum atomic E-state index is 11.6. The zero-order chi connectivity index (χ0) is 13.1. The number of carbonyl (C=O) groups is 2. The van der Waals surface area contributed by atoms with E-state index in [9.17, 15) is 14.7 Å². The van der Waals surface area contributed by atoms with Crippen LogP contribution in [0, 0.1) is 5.41 Å². The lowest BCUT2D eigenvalue weighted by molar-refractivity contribution is -0.168. The first-order chi connectivity index (χ1) is 7.80. The van der Waals surface area contributed by atoms with Gasteiger partial charge in [0, 0.05) is 18.4 Å². The molecule has 0 aromatic heterocycles. The van der Waals surface area contributed by atoms with E-state index in [1.807, 2.05) is 20.8 Å². The number of nitrogens with zero attached hydrogens (tertiary/aromatic N) is 1. The molecule has 0 radical (unpaired) electrons. The lowest BCUT2D eigenvalue weighted by atomic mass is 9.96. The summed E-state index contributed by atoms with van der Waals surface area (Å²) in [6.45, 7) is 6.06. The van der Waals surface area contributed by atoms with Gasteiger partial charge in [-0.2, -0.15) is 0 Å². The van der Waals surface area contributed by atoms with E-state index in [0.717, 1.165) is 5.06 Å². The van der Waals surface area contributed by atoms with Gasteiger partial charge < -0.3 is 10.4 Å². The van der Waals surface area contributed by atoms with E-state index in [1.165, 1.54) is 0 Å². The van der Waals surface area contributed by atoms with Crippen molar-refractivity contribution in [3.8, 4) is 0 Å². The Morgan fingerprint density at radius 3 is 2.59 bits per heavy atom. The zero-order valence-electron chi connectivity index (χ0n) is 10.5. The molecule has 2 N–H and O–H groups in total. The molecule has 1 aliphatic rings. The molecule has 0 saturated carbocycles. The average Bonchev–Trinajstić information content (AvgIpc) is 2.63. The van der Waals surface area contributed by atoms with Crippen molar-refractivity contribution in [1.29, 1.82) is 0 Å². The van der Waals surface area contributed by atoms with Crippen LogP contribution in [0.5, 0.6) is 0 Å². The Balaban J connectivity index is 2.23. The highest BCUT2D eigenvalue weighted by atomic mass is 16.7. The molecule has 1 rings (SSSR count). The lowest BCUT2D eigenvalue weighted by Gasteiger charge is -2.18. The van der Waals surface area contributed by atoms with Gasteiger partial charge in [-0.3, -0.25) is 14.4 Å². The van der Waals surface area contributed by atoms with Crippen LogP contribution in [0.3, 0.4) is 0 Å². The number of hydrogen-bond donors (Lipinski definition) is 2.